The van der Waals surface area contributed by atoms with E-state index in [4.69, 9.17) is 22.2 Å². The molecule has 0 saturated carbocycles. The minimum Gasteiger partial charge on any atom is -0.416 e. The maximum Gasteiger partial charge on any atom is 0.469 e. The van der Waals surface area contributed by atoms with Crippen molar-refractivity contribution in [2.75, 3.05) is 13.4 Å². The van der Waals surface area contributed by atoms with Crippen molar-refractivity contribution in [1.29, 1.82) is 0 Å². The van der Waals surface area contributed by atoms with Gasteiger partial charge in [-0.25, -0.2) is 0 Å². The summed E-state index contributed by atoms with van der Waals surface area (Å²) in [5.74, 6) is 0. The van der Waals surface area contributed by atoms with Crippen LogP contribution < -0.4 is 0 Å². The second-order valence-corrected chi connectivity index (χ2v) is 8.28. The average Bonchev–Trinajstić information content (AvgIpc) is 2.26. The number of ether oxygens (including phenoxy) is 1. The number of rotatable bonds is 11. The first kappa shape index (κ1) is 16.7. The smallest absolute Gasteiger partial charge is 0.416 e. The van der Waals surface area contributed by atoms with Crippen LogP contribution in [0.4, 0.5) is 0 Å². The molecule has 1 N–H and O–H groups in total. The van der Waals surface area contributed by atoms with Gasteiger partial charge in [0.1, 0.15) is 6.79 Å². The molecule has 16 heavy (non-hydrogen) atoms. The first-order valence-corrected chi connectivity index (χ1v) is 11.1. The highest BCUT2D eigenvalue weighted by Gasteiger charge is 2.38. The third kappa shape index (κ3) is 7.08. The molecule has 0 aliphatic heterocycles. The monoisotopic (exact) mass is 294 g/mol. The molecule has 0 aromatic carbocycles. The van der Waals surface area contributed by atoms with E-state index >= 15 is 0 Å². The molecule has 0 bridgehead atoms. The van der Waals surface area contributed by atoms with E-state index in [9.17, 15) is 0 Å². The molecule has 0 spiro atoms. The fourth-order valence-electron chi connectivity index (χ4n) is 1.14. The van der Waals surface area contributed by atoms with Crippen LogP contribution in [0.25, 0.3) is 0 Å². The van der Waals surface area contributed by atoms with Crippen LogP contribution in [-0.2, 0) is 17.1 Å². The van der Waals surface area contributed by atoms with Gasteiger partial charge in [-0.05, 0) is 26.1 Å². The molecule has 9 heteroatoms. The fourth-order valence-corrected chi connectivity index (χ4v) is 8.30. The van der Waals surface area contributed by atoms with Gasteiger partial charge in [-0.1, -0.05) is 0 Å². The predicted molar refractivity (Wildman–Crippen MR) is 66.3 cm³/mol. The van der Waals surface area contributed by atoms with Crippen LogP contribution in [0.1, 0.15) is 6.42 Å². The Bertz CT molecular complexity index is 145. The largest absolute Gasteiger partial charge is 0.469 e. The van der Waals surface area contributed by atoms with E-state index in [-0.39, 0.29) is 6.79 Å². The lowest BCUT2D eigenvalue weighted by Gasteiger charge is -2.29. The van der Waals surface area contributed by atoms with E-state index in [1.807, 2.05) is 19.6 Å². The van der Waals surface area contributed by atoms with Gasteiger partial charge in [0.25, 0.3) is 0 Å². The Morgan fingerprint density at radius 1 is 1.00 bits per heavy atom. The van der Waals surface area contributed by atoms with Crippen molar-refractivity contribution in [3.8, 4) is 0 Å². The summed E-state index contributed by atoms with van der Waals surface area (Å²) in [6.07, 6.45) is 0.784. The summed E-state index contributed by atoms with van der Waals surface area (Å²) in [6.45, 7) is 6.17. The third-order valence-corrected chi connectivity index (χ3v) is 8.78. The molecule has 0 rings (SSSR count). The van der Waals surface area contributed by atoms with Gasteiger partial charge in [-0.2, -0.15) is 0 Å². The van der Waals surface area contributed by atoms with E-state index in [0.717, 1.165) is 12.5 Å². The zero-order valence-electron chi connectivity index (χ0n) is 9.91. The zero-order valence-corrected chi connectivity index (χ0v) is 13.9. The Morgan fingerprint density at radius 3 is 1.88 bits per heavy atom. The van der Waals surface area contributed by atoms with Crippen LogP contribution >= 0.6 is 0 Å². The molecule has 92 valence electrons. The maximum absolute atomic E-state index is 8.51. The summed E-state index contributed by atoms with van der Waals surface area (Å²) in [4.78, 5) is 0. The van der Waals surface area contributed by atoms with Gasteiger partial charge in [0.15, 0.2) is 0 Å². The van der Waals surface area contributed by atoms with Crippen molar-refractivity contribution in [3.63, 3.8) is 0 Å². The Hall–Kier alpha value is 0.668. The molecule has 0 aliphatic carbocycles. The topological polar surface area (TPSA) is 57.2 Å². The lowest BCUT2D eigenvalue weighted by atomic mass is 10.5. The van der Waals surface area contributed by atoms with Crippen molar-refractivity contribution < 1.29 is 22.2 Å². The van der Waals surface area contributed by atoms with Crippen LogP contribution in [0.3, 0.4) is 0 Å². The maximum atomic E-state index is 8.51. The van der Waals surface area contributed by atoms with Gasteiger partial charge in [0, 0.05) is 12.7 Å². The molecule has 0 unspecified atom stereocenters. The van der Waals surface area contributed by atoms with E-state index in [0.29, 0.717) is 35.9 Å². The lowest BCUT2D eigenvalue weighted by Crippen LogP contribution is -2.47. The van der Waals surface area contributed by atoms with Crippen molar-refractivity contribution in [3.05, 3.63) is 0 Å². The van der Waals surface area contributed by atoms with E-state index in [1.54, 1.807) is 0 Å². The highest BCUT2D eigenvalue weighted by Crippen LogP contribution is 2.16. The van der Waals surface area contributed by atoms with Gasteiger partial charge < -0.3 is 22.2 Å². The summed E-state index contributed by atoms with van der Waals surface area (Å²) in [6, 6.07) is 0.746. The number of aliphatic hydroxyl groups excluding tert-OH is 1. The molecular weight excluding hydrogens is 276 g/mol. The molecule has 0 atom stereocenters. The first-order valence-electron chi connectivity index (χ1n) is 4.97. The normalized spacial score (nSPS) is 12.0. The summed E-state index contributed by atoms with van der Waals surface area (Å²) in [7, 11) is -1.36. The second kappa shape index (κ2) is 10.8. The summed E-state index contributed by atoms with van der Waals surface area (Å²) < 4.78 is 22.0. The van der Waals surface area contributed by atoms with E-state index in [1.165, 1.54) is 0 Å². The van der Waals surface area contributed by atoms with Gasteiger partial charge >= 0.3 is 8.80 Å². The van der Waals surface area contributed by atoms with Gasteiger partial charge in [-0.3, -0.25) is 0 Å². The highest BCUT2D eigenvalue weighted by molar-refractivity contribution is 6.73. The van der Waals surface area contributed by atoms with Crippen molar-refractivity contribution in [1.82, 2.24) is 0 Å². The van der Waals surface area contributed by atoms with E-state index in [2.05, 4.69) is 0 Å². The van der Waals surface area contributed by atoms with Crippen molar-refractivity contribution in [2.45, 2.75) is 32.1 Å². The second-order valence-electron chi connectivity index (χ2n) is 2.74. The number of hydrogen-bond donors (Lipinski definition) is 1. The summed E-state index contributed by atoms with van der Waals surface area (Å²) in [5, 5.41) is 8.51. The number of aliphatic hydroxyl groups is 1. The van der Waals surface area contributed by atoms with Crippen LogP contribution in [0, 0.1) is 0 Å². The highest BCUT2D eigenvalue weighted by atomic mass is 28.5. The molecule has 6 radical (unpaired) electrons. The van der Waals surface area contributed by atoms with E-state index < -0.39 is 8.80 Å². The quantitative estimate of drug-likeness (QED) is 0.338. The Labute approximate surface area is 106 Å². The predicted octanol–water partition coefficient (Wildman–Crippen LogP) is 0.333. The minimum absolute atomic E-state index is 0.238. The molecule has 0 fully saturated rings. The van der Waals surface area contributed by atoms with Crippen LogP contribution in [0.2, 0.25) is 25.7 Å². The van der Waals surface area contributed by atoms with Crippen LogP contribution in [-0.4, -0.2) is 56.6 Å². The minimum atomic E-state index is -2.47. The van der Waals surface area contributed by atoms with Crippen LogP contribution in [0.5, 0.6) is 0 Å². The average molecular weight is 295 g/mol. The first-order chi connectivity index (χ1) is 7.74. The molecule has 0 saturated heterocycles. The van der Waals surface area contributed by atoms with Crippen molar-refractivity contribution >= 4 is 38.1 Å². The Kier molecular flexibility index (Phi) is 11.2. The Balaban J connectivity index is 4.12. The summed E-state index contributed by atoms with van der Waals surface area (Å²) in [5.41, 5.74) is 0. The fraction of sp³-hybridized carbons (Fsp3) is 1.00. The SMILES string of the molecule is C[Si]O[Si](CCCOCO)(O[Si]C)O[Si]C. The van der Waals surface area contributed by atoms with Crippen molar-refractivity contribution in [2.24, 2.45) is 0 Å². The molecular formula is C7H18O5Si4. The Morgan fingerprint density at radius 2 is 1.50 bits per heavy atom. The van der Waals surface area contributed by atoms with Gasteiger partial charge in [-0.15, -0.1) is 0 Å². The third-order valence-electron chi connectivity index (χ3n) is 1.64. The molecule has 0 amide bonds. The number of hydrogen-bond acceptors (Lipinski definition) is 5. The molecule has 5 nitrogen and oxygen atoms in total. The molecule has 0 aromatic heterocycles. The standard InChI is InChI=1S/C7H18O5Si4/c1-13-10-16(11-14-2,12-15-3)6-4-5-9-7-8/h8H,4-7H2,1-3H3. The molecule has 0 aliphatic rings. The zero-order chi connectivity index (χ0) is 12.3. The molecule has 0 heterocycles. The van der Waals surface area contributed by atoms with Gasteiger partial charge in [0.2, 0.25) is 29.3 Å². The van der Waals surface area contributed by atoms with Gasteiger partial charge in [0.05, 0.1) is 0 Å². The lowest BCUT2D eigenvalue weighted by molar-refractivity contribution is -0.00167. The molecule has 0 aromatic rings. The van der Waals surface area contributed by atoms with Crippen LogP contribution in [0.15, 0.2) is 0 Å². The summed E-state index contributed by atoms with van der Waals surface area (Å²) >= 11 is 0.